The molecule has 120 valence electrons. The van der Waals surface area contributed by atoms with Gasteiger partial charge in [-0.2, -0.15) is 5.10 Å². The fourth-order valence-corrected chi connectivity index (χ4v) is 3.79. The minimum atomic E-state index is 0.414. The lowest BCUT2D eigenvalue weighted by atomic mass is 9.93. The summed E-state index contributed by atoms with van der Waals surface area (Å²) in [4.78, 5) is 4.54. The molecule has 0 amide bonds. The fourth-order valence-electron chi connectivity index (χ4n) is 3.60. The van der Waals surface area contributed by atoms with E-state index < -0.39 is 0 Å². The maximum absolute atomic E-state index is 6.33. The molecule has 3 rings (SSSR count). The van der Waals surface area contributed by atoms with Gasteiger partial charge in [-0.3, -0.25) is 0 Å². The van der Waals surface area contributed by atoms with Crippen molar-refractivity contribution in [3.8, 4) is 0 Å². The van der Waals surface area contributed by atoms with E-state index in [2.05, 4.69) is 23.9 Å². The van der Waals surface area contributed by atoms with Gasteiger partial charge in [0, 0.05) is 11.5 Å². The van der Waals surface area contributed by atoms with Crippen LogP contribution >= 0.6 is 11.6 Å². The SMILES string of the molecule is CC(C)c1cnn2c(C3CCCCCCCC3)cc(Cl)nc12. The van der Waals surface area contributed by atoms with Gasteiger partial charge in [0.2, 0.25) is 0 Å². The molecule has 4 heteroatoms. The van der Waals surface area contributed by atoms with Crippen molar-refractivity contribution in [1.82, 2.24) is 14.6 Å². The van der Waals surface area contributed by atoms with Crippen molar-refractivity contribution < 1.29 is 0 Å². The second-order valence-electron chi connectivity index (χ2n) is 6.89. The van der Waals surface area contributed by atoms with Gasteiger partial charge in [-0.15, -0.1) is 0 Å². The minimum Gasteiger partial charge on any atom is -0.219 e. The molecule has 0 bridgehead atoms. The number of hydrogen-bond acceptors (Lipinski definition) is 2. The zero-order valence-corrected chi connectivity index (χ0v) is 14.4. The van der Waals surface area contributed by atoms with E-state index in [-0.39, 0.29) is 0 Å². The quantitative estimate of drug-likeness (QED) is 0.662. The summed E-state index contributed by atoms with van der Waals surface area (Å²) in [6.07, 6.45) is 12.6. The smallest absolute Gasteiger partial charge is 0.160 e. The van der Waals surface area contributed by atoms with Gasteiger partial charge in [0.15, 0.2) is 5.65 Å². The predicted molar refractivity (Wildman–Crippen MR) is 91.8 cm³/mol. The second-order valence-corrected chi connectivity index (χ2v) is 7.28. The van der Waals surface area contributed by atoms with Crippen LogP contribution in [0.4, 0.5) is 0 Å². The van der Waals surface area contributed by atoms with Gasteiger partial charge >= 0.3 is 0 Å². The van der Waals surface area contributed by atoms with E-state index in [1.165, 1.54) is 62.6 Å². The third-order valence-electron chi connectivity index (χ3n) is 4.89. The molecule has 0 radical (unpaired) electrons. The van der Waals surface area contributed by atoms with Gasteiger partial charge in [0.1, 0.15) is 5.15 Å². The fraction of sp³-hybridized carbons (Fsp3) is 0.667. The first-order valence-electron chi connectivity index (χ1n) is 8.71. The van der Waals surface area contributed by atoms with Crippen LogP contribution in [0.1, 0.15) is 88.3 Å². The van der Waals surface area contributed by atoms with Crippen LogP contribution in [0.2, 0.25) is 5.15 Å². The number of hydrogen-bond donors (Lipinski definition) is 0. The minimum absolute atomic E-state index is 0.414. The van der Waals surface area contributed by atoms with Crippen LogP contribution in [-0.2, 0) is 0 Å². The molecule has 0 unspecified atom stereocenters. The molecule has 0 saturated heterocycles. The summed E-state index contributed by atoms with van der Waals surface area (Å²) in [5.74, 6) is 0.970. The summed E-state index contributed by atoms with van der Waals surface area (Å²) < 4.78 is 2.05. The molecule has 2 aromatic heterocycles. The van der Waals surface area contributed by atoms with Crippen molar-refractivity contribution in [3.05, 3.63) is 28.7 Å². The molecule has 1 fully saturated rings. The van der Waals surface area contributed by atoms with Gasteiger partial charge in [-0.05, 0) is 24.8 Å². The standard InChI is InChI=1S/C18H26ClN3/c1-13(2)15-12-20-22-16(11-17(19)21-18(15)22)14-9-7-5-3-4-6-8-10-14/h11-14H,3-10H2,1-2H3. The van der Waals surface area contributed by atoms with Gasteiger partial charge < -0.3 is 0 Å². The average Bonchev–Trinajstić information content (AvgIpc) is 2.94. The normalized spacial score (nSPS) is 18.4. The van der Waals surface area contributed by atoms with Gasteiger partial charge in [0.05, 0.1) is 11.9 Å². The summed E-state index contributed by atoms with van der Waals surface area (Å²) in [6, 6.07) is 2.04. The van der Waals surface area contributed by atoms with Gasteiger partial charge in [-0.25, -0.2) is 9.50 Å². The van der Waals surface area contributed by atoms with Crippen molar-refractivity contribution in [1.29, 1.82) is 0 Å². The van der Waals surface area contributed by atoms with E-state index in [4.69, 9.17) is 11.6 Å². The van der Waals surface area contributed by atoms with Gasteiger partial charge in [-0.1, -0.05) is 64.0 Å². The molecule has 0 atom stereocenters. The Kier molecular flexibility index (Phi) is 5.02. The summed E-state index contributed by atoms with van der Waals surface area (Å²) in [5, 5.41) is 5.23. The van der Waals surface area contributed by atoms with Crippen LogP contribution in [0, 0.1) is 0 Å². The largest absolute Gasteiger partial charge is 0.219 e. The third kappa shape index (κ3) is 3.29. The first-order chi connectivity index (χ1) is 10.7. The topological polar surface area (TPSA) is 30.2 Å². The highest BCUT2D eigenvalue weighted by Crippen LogP contribution is 2.32. The molecule has 22 heavy (non-hydrogen) atoms. The van der Waals surface area contributed by atoms with E-state index in [0.29, 0.717) is 17.0 Å². The average molecular weight is 320 g/mol. The van der Waals surface area contributed by atoms with Crippen LogP contribution in [0.3, 0.4) is 0 Å². The highest BCUT2D eigenvalue weighted by Gasteiger charge is 2.20. The van der Waals surface area contributed by atoms with E-state index in [0.717, 1.165) is 5.65 Å². The molecule has 2 heterocycles. The Morgan fingerprint density at radius 3 is 2.36 bits per heavy atom. The molecule has 3 nitrogen and oxygen atoms in total. The Hall–Kier alpha value is -1.09. The van der Waals surface area contributed by atoms with E-state index in [9.17, 15) is 0 Å². The molecule has 1 aliphatic rings. The molecule has 0 spiro atoms. The number of rotatable bonds is 2. The Bertz CT molecular complexity index is 623. The van der Waals surface area contributed by atoms with Crippen molar-refractivity contribution >= 4 is 17.2 Å². The number of nitrogens with zero attached hydrogens (tertiary/aromatic N) is 3. The van der Waals surface area contributed by atoms with E-state index in [1.54, 1.807) is 0 Å². The number of halogens is 1. The summed E-state index contributed by atoms with van der Waals surface area (Å²) in [5.41, 5.74) is 3.38. The van der Waals surface area contributed by atoms with Crippen LogP contribution in [0.25, 0.3) is 5.65 Å². The Morgan fingerprint density at radius 2 is 1.73 bits per heavy atom. The zero-order chi connectivity index (χ0) is 15.5. The lowest BCUT2D eigenvalue weighted by Crippen LogP contribution is -2.08. The highest BCUT2D eigenvalue weighted by atomic mass is 35.5. The maximum atomic E-state index is 6.33. The molecular formula is C18H26ClN3. The molecule has 1 aliphatic carbocycles. The van der Waals surface area contributed by atoms with Gasteiger partial charge in [0.25, 0.3) is 0 Å². The molecular weight excluding hydrogens is 294 g/mol. The van der Waals surface area contributed by atoms with E-state index >= 15 is 0 Å². The molecule has 0 aliphatic heterocycles. The summed E-state index contributed by atoms with van der Waals surface area (Å²) in [6.45, 7) is 4.36. The first-order valence-corrected chi connectivity index (χ1v) is 9.08. The van der Waals surface area contributed by atoms with Crippen LogP contribution in [0.15, 0.2) is 12.3 Å². The summed E-state index contributed by atoms with van der Waals surface area (Å²) in [7, 11) is 0. The number of fused-ring (bicyclic) bond motifs is 1. The summed E-state index contributed by atoms with van der Waals surface area (Å²) >= 11 is 6.33. The Balaban J connectivity index is 2.01. The highest BCUT2D eigenvalue weighted by molar-refractivity contribution is 6.29. The van der Waals surface area contributed by atoms with Crippen molar-refractivity contribution in [2.24, 2.45) is 0 Å². The van der Waals surface area contributed by atoms with Crippen molar-refractivity contribution in [2.45, 2.75) is 77.0 Å². The van der Waals surface area contributed by atoms with Crippen LogP contribution in [0.5, 0.6) is 0 Å². The zero-order valence-electron chi connectivity index (χ0n) is 13.7. The first kappa shape index (κ1) is 15.8. The van der Waals surface area contributed by atoms with E-state index in [1.807, 2.05) is 16.8 Å². The van der Waals surface area contributed by atoms with Crippen LogP contribution in [-0.4, -0.2) is 14.6 Å². The monoisotopic (exact) mass is 319 g/mol. The lowest BCUT2D eigenvalue weighted by molar-refractivity contribution is 0.517. The Morgan fingerprint density at radius 1 is 1.09 bits per heavy atom. The molecule has 2 aromatic rings. The van der Waals surface area contributed by atoms with Crippen molar-refractivity contribution in [2.75, 3.05) is 0 Å². The maximum Gasteiger partial charge on any atom is 0.160 e. The molecule has 0 N–H and O–H groups in total. The predicted octanol–water partition coefficient (Wildman–Crippen LogP) is 5.72. The molecule has 1 saturated carbocycles. The van der Waals surface area contributed by atoms with Crippen molar-refractivity contribution in [3.63, 3.8) is 0 Å². The number of aromatic nitrogens is 3. The van der Waals surface area contributed by atoms with Crippen LogP contribution < -0.4 is 0 Å². The Labute approximate surface area is 138 Å². The second kappa shape index (κ2) is 6.99. The third-order valence-corrected chi connectivity index (χ3v) is 5.08. The molecule has 0 aromatic carbocycles. The lowest BCUT2D eigenvalue weighted by Gasteiger charge is -2.18.